The molecule has 0 unspecified atom stereocenters. The molecular formula is C12H11BrN2O. The Morgan fingerprint density at radius 1 is 1.19 bits per heavy atom. The number of benzene rings is 1. The highest BCUT2D eigenvalue weighted by Gasteiger charge is 2.29. The SMILES string of the molecule is BrCc1ccc(-c2nnc(C3CC3)o2)cc1. The van der Waals surface area contributed by atoms with Gasteiger partial charge in [-0.2, -0.15) is 0 Å². The molecule has 0 radical (unpaired) electrons. The molecule has 1 aromatic carbocycles. The van der Waals surface area contributed by atoms with E-state index in [-0.39, 0.29) is 0 Å². The lowest BCUT2D eigenvalue weighted by atomic mass is 10.1. The van der Waals surface area contributed by atoms with Crippen molar-refractivity contribution in [1.29, 1.82) is 0 Å². The number of aromatic nitrogens is 2. The standard InChI is InChI=1S/C12H11BrN2O/c13-7-8-1-3-9(4-2-8)11-14-15-12(16-11)10-5-6-10/h1-4,10H,5-7H2. The first-order valence-corrected chi connectivity index (χ1v) is 6.47. The fourth-order valence-corrected chi connectivity index (χ4v) is 1.96. The monoisotopic (exact) mass is 278 g/mol. The van der Waals surface area contributed by atoms with E-state index in [1.54, 1.807) is 0 Å². The summed E-state index contributed by atoms with van der Waals surface area (Å²) < 4.78 is 5.63. The summed E-state index contributed by atoms with van der Waals surface area (Å²) in [4.78, 5) is 0. The second-order valence-corrected chi connectivity index (χ2v) is 4.61. The maximum Gasteiger partial charge on any atom is 0.247 e. The van der Waals surface area contributed by atoms with Crippen molar-refractivity contribution in [3.63, 3.8) is 0 Å². The van der Waals surface area contributed by atoms with Crippen LogP contribution in [0.5, 0.6) is 0 Å². The smallest absolute Gasteiger partial charge is 0.247 e. The summed E-state index contributed by atoms with van der Waals surface area (Å²) in [7, 11) is 0. The first-order valence-electron chi connectivity index (χ1n) is 5.35. The Labute approximate surface area is 102 Å². The molecule has 1 fully saturated rings. The summed E-state index contributed by atoms with van der Waals surface area (Å²) in [6.45, 7) is 0. The van der Waals surface area contributed by atoms with Gasteiger partial charge in [0.15, 0.2) is 0 Å². The highest BCUT2D eigenvalue weighted by atomic mass is 79.9. The molecule has 0 saturated heterocycles. The van der Waals surface area contributed by atoms with Crippen LogP contribution in [-0.4, -0.2) is 10.2 Å². The lowest BCUT2D eigenvalue weighted by molar-refractivity contribution is 0.508. The van der Waals surface area contributed by atoms with Crippen LogP contribution in [0, 0.1) is 0 Å². The lowest BCUT2D eigenvalue weighted by Gasteiger charge is -1.96. The summed E-state index contributed by atoms with van der Waals surface area (Å²) in [5.41, 5.74) is 2.23. The summed E-state index contributed by atoms with van der Waals surface area (Å²) >= 11 is 3.42. The third-order valence-corrected chi connectivity index (χ3v) is 3.37. The highest BCUT2D eigenvalue weighted by molar-refractivity contribution is 9.08. The average molecular weight is 279 g/mol. The number of nitrogens with zero attached hydrogens (tertiary/aromatic N) is 2. The van der Waals surface area contributed by atoms with Crippen LogP contribution >= 0.6 is 15.9 Å². The average Bonchev–Trinajstić information content (AvgIpc) is 3.08. The van der Waals surface area contributed by atoms with Gasteiger partial charge in [0.05, 0.1) is 0 Å². The minimum absolute atomic E-state index is 0.517. The Morgan fingerprint density at radius 2 is 1.94 bits per heavy atom. The first kappa shape index (κ1) is 10.0. The Bertz CT molecular complexity index is 488. The molecule has 2 aromatic rings. The topological polar surface area (TPSA) is 38.9 Å². The van der Waals surface area contributed by atoms with Crippen LogP contribution in [-0.2, 0) is 5.33 Å². The molecule has 1 aliphatic carbocycles. The maximum atomic E-state index is 5.63. The molecule has 82 valence electrons. The second-order valence-electron chi connectivity index (χ2n) is 4.05. The number of hydrogen-bond acceptors (Lipinski definition) is 3. The zero-order valence-electron chi connectivity index (χ0n) is 8.69. The molecular weight excluding hydrogens is 268 g/mol. The van der Waals surface area contributed by atoms with E-state index in [0.29, 0.717) is 11.8 Å². The van der Waals surface area contributed by atoms with Gasteiger partial charge in [-0.3, -0.25) is 0 Å². The number of halogens is 1. The van der Waals surface area contributed by atoms with E-state index in [9.17, 15) is 0 Å². The van der Waals surface area contributed by atoms with E-state index >= 15 is 0 Å². The van der Waals surface area contributed by atoms with Crippen molar-refractivity contribution in [2.75, 3.05) is 0 Å². The predicted molar refractivity (Wildman–Crippen MR) is 64.3 cm³/mol. The molecule has 1 heterocycles. The van der Waals surface area contributed by atoms with Crippen LogP contribution in [0.15, 0.2) is 28.7 Å². The molecule has 0 spiro atoms. The largest absolute Gasteiger partial charge is 0.420 e. The van der Waals surface area contributed by atoms with Gasteiger partial charge in [-0.05, 0) is 30.5 Å². The molecule has 0 bridgehead atoms. The van der Waals surface area contributed by atoms with E-state index in [1.807, 2.05) is 12.1 Å². The minimum atomic E-state index is 0.517. The van der Waals surface area contributed by atoms with Gasteiger partial charge in [-0.1, -0.05) is 28.1 Å². The van der Waals surface area contributed by atoms with Crippen molar-refractivity contribution in [2.45, 2.75) is 24.1 Å². The molecule has 4 heteroatoms. The fourth-order valence-electron chi connectivity index (χ4n) is 1.58. The number of hydrogen-bond donors (Lipinski definition) is 0. The Kier molecular flexibility index (Phi) is 2.52. The molecule has 1 aliphatic rings. The zero-order valence-corrected chi connectivity index (χ0v) is 10.3. The van der Waals surface area contributed by atoms with Crippen LogP contribution in [0.3, 0.4) is 0 Å². The van der Waals surface area contributed by atoms with Crippen LogP contribution in [0.25, 0.3) is 11.5 Å². The second kappa shape index (κ2) is 4.01. The van der Waals surface area contributed by atoms with Crippen molar-refractivity contribution >= 4 is 15.9 Å². The molecule has 0 amide bonds. The van der Waals surface area contributed by atoms with Gasteiger partial charge >= 0.3 is 0 Å². The van der Waals surface area contributed by atoms with E-state index in [1.165, 1.54) is 18.4 Å². The van der Waals surface area contributed by atoms with Gasteiger partial charge in [-0.25, -0.2) is 0 Å². The molecule has 0 N–H and O–H groups in total. The molecule has 16 heavy (non-hydrogen) atoms. The summed E-state index contributed by atoms with van der Waals surface area (Å²) in [5.74, 6) is 1.94. The fraction of sp³-hybridized carbons (Fsp3) is 0.333. The lowest BCUT2D eigenvalue weighted by Crippen LogP contribution is -1.80. The Morgan fingerprint density at radius 3 is 2.56 bits per heavy atom. The highest BCUT2D eigenvalue weighted by Crippen LogP contribution is 2.39. The normalized spacial score (nSPS) is 15.3. The van der Waals surface area contributed by atoms with Crippen LogP contribution in [0.4, 0.5) is 0 Å². The minimum Gasteiger partial charge on any atom is -0.420 e. The van der Waals surface area contributed by atoms with Gasteiger partial charge in [0.2, 0.25) is 11.8 Å². The van der Waals surface area contributed by atoms with Crippen molar-refractivity contribution in [3.8, 4) is 11.5 Å². The number of alkyl halides is 1. The summed E-state index contributed by atoms with van der Waals surface area (Å²) in [5, 5.41) is 9.01. The third-order valence-electron chi connectivity index (χ3n) is 2.72. The van der Waals surface area contributed by atoms with Crippen molar-refractivity contribution in [2.24, 2.45) is 0 Å². The van der Waals surface area contributed by atoms with Crippen LogP contribution in [0.2, 0.25) is 0 Å². The van der Waals surface area contributed by atoms with E-state index in [2.05, 4.69) is 38.3 Å². The van der Waals surface area contributed by atoms with Gasteiger partial charge in [0, 0.05) is 16.8 Å². The van der Waals surface area contributed by atoms with Gasteiger partial charge in [-0.15, -0.1) is 10.2 Å². The molecule has 0 aliphatic heterocycles. The number of rotatable bonds is 3. The Hall–Kier alpha value is -1.16. The van der Waals surface area contributed by atoms with E-state index in [0.717, 1.165) is 16.8 Å². The quantitative estimate of drug-likeness (QED) is 0.807. The van der Waals surface area contributed by atoms with Crippen LogP contribution in [0.1, 0.15) is 30.2 Å². The van der Waals surface area contributed by atoms with Crippen LogP contribution < -0.4 is 0 Å². The van der Waals surface area contributed by atoms with Crippen molar-refractivity contribution in [1.82, 2.24) is 10.2 Å². The van der Waals surface area contributed by atoms with E-state index < -0.39 is 0 Å². The van der Waals surface area contributed by atoms with E-state index in [4.69, 9.17) is 4.42 Å². The third kappa shape index (κ3) is 1.89. The van der Waals surface area contributed by atoms with Gasteiger partial charge < -0.3 is 4.42 Å². The van der Waals surface area contributed by atoms with Crippen molar-refractivity contribution in [3.05, 3.63) is 35.7 Å². The molecule has 3 nitrogen and oxygen atoms in total. The first-order chi connectivity index (χ1) is 7.86. The zero-order chi connectivity index (χ0) is 11.0. The Balaban J connectivity index is 1.88. The molecule has 0 atom stereocenters. The summed E-state index contributed by atoms with van der Waals surface area (Å²) in [6.07, 6.45) is 2.37. The van der Waals surface area contributed by atoms with Gasteiger partial charge in [0.25, 0.3) is 0 Å². The molecule has 3 rings (SSSR count). The molecule has 1 aromatic heterocycles. The molecule has 1 saturated carbocycles. The maximum absolute atomic E-state index is 5.63. The summed E-state index contributed by atoms with van der Waals surface area (Å²) in [6, 6.07) is 8.15. The predicted octanol–water partition coefficient (Wildman–Crippen LogP) is 3.51. The van der Waals surface area contributed by atoms with Gasteiger partial charge in [0.1, 0.15) is 0 Å². The van der Waals surface area contributed by atoms with Crippen molar-refractivity contribution < 1.29 is 4.42 Å².